The van der Waals surface area contributed by atoms with Gasteiger partial charge in [-0.25, -0.2) is 4.98 Å². The molecule has 1 aliphatic carbocycles. The molecule has 9 heteroatoms. The molecule has 0 spiro atoms. The smallest absolute Gasteiger partial charge is 0.270 e. The highest BCUT2D eigenvalue weighted by Gasteiger charge is 2.34. The first-order valence-electron chi connectivity index (χ1n) is 8.88. The third kappa shape index (κ3) is 3.54. The van der Waals surface area contributed by atoms with E-state index < -0.39 is 6.10 Å². The molecule has 1 amide bonds. The summed E-state index contributed by atoms with van der Waals surface area (Å²) in [5.41, 5.74) is 1.86. The molecular formula is C18H21ClN6O2. The number of aliphatic hydroxyl groups excluding tert-OH is 1. The molecule has 3 aromatic rings. The summed E-state index contributed by atoms with van der Waals surface area (Å²) in [6, 6.07) is 3.24. The fraction of sp³-hybridized carbons (Fsp3) is 0.444. The third-order valence-corrected chi connectivity index (χ3v) is 5.29. The minimum atomic E-state index is -0.590. The number of nitrogens with one attached hydrogen (secondary N) is 1. The first kappa shape index (κ1) is 17.9. The van der Waals surface area contributed by atoms with Crippen LogP contribution in [0, 0.1) is 12.8 Å². The largest absolute Gasteiger partial charge is 0.391 e. The Hall–Kier alpha value is -2.45. The summed E-state index contributed by atoms with van der Waals surface area (Å²) < 4.78 is 3.43. The van der Waals surface area contributed by atoms with Crippen LogP contribution in [0.5, 0.6) is 0 Å². The van der Waals surface area contributed by atoms with E-state index in [1.807, 2.05) is 13.0 Å². The summed E-state index contributed by atoms with van der Waals surface area (Å²) in [4.78, 5) is 17.1. The molecule has 1 saturated carbocycles. The molecule has 3 heterocycles. The van der Waals surface area contributed by atoms with Gasteiger partial charge in [-0.3, -0.25) is 14.2 Å². The van der Waals surface area contributed by atoms with Crippen LogP contribution in [0.15, 0.2) is 24.5 Å². The molecule has 142 valence electrons. The number of amides is 1. The number of carbonyl (C=O) groups is 1. The standard InChI is InChI=1S/C18H21ClN6O2/c1-10-13-3-4-14(21-17(13)24(2)23-10)18(27)22-15-5-11(6-16(15)26)8-25-9-12(19)7-20-25/h3-4,7,9,11,15-16,26H,5-6,8H2,1-2H3,(H,22,27)/t11?,15-,16-/m1/s1. The molecule has 0 aromatic carbocycles. The molecule has 0 radical (unpaired) electrons. The fourth-order valence-corrected chi connectivity index (χ4v) is 3.95. The van der Waals surface area contributed by atoms with Gasteiger partial charge in [0.25, 0.3) is 5.91 Å². The Morgan fingerprint density at radius 1 is 1.41 bits per heavy atom. The van der Waals surface area contributed by atoms with Crippen LogP contribution >= 0.6 is 11.6 Å². The SMILES string of the molecule is Cc1nn(C)c2nc(C(=O)N[C@@H]3CC(Cn4cc(Cl)cn4)C[C@H]3O)ccc12. The minimum Gasteiger partial charge on any atom is -0.391 e. The van der Waals surface area contributed by atoms with Crippen molar-refractivity contribution >= 4 is 28.5 Å². The van der Waals surface area contributed by atoms with Gasteiger partial charge in [0.2, 0.25) is 0 Å². The lowest BCUT2D eigenvalue weighted by Crippen LogP contribution is -2.40. The first-order valence-corrected chi connectivity index (χ1v) is 9.25. The average Bonchev–Trinajstić information content (AvgIpc) is 3.27. The van der Waals surface area contributed by atoms with Gasteiger partial charge in [-0.15, -0.1) is 0 Å². The predicted molar refractivity (Wildman–Crippen MR) is 100 cm³/mol. The maximum absolute atomic E-state index is 12.6. The maximum atomic E-state index is 12.6. The van der Waals surface area contributed by atoms with Crippen LogP contribution in [0.3, 0.4) is 0 Å². The number of aromatic nitrogens is 5. The van der Waals surface area contributed by atoms with Crippen LogP contribution in [-0.4, -0.2) is 47.7 Å². The van der Waals surface area contributed by atoms with E-state index in [9.17, 15) is 9.90 Å². The molecule has 0 bridgehead atoms. The number of hydrogen-bond acceptors (Lipinski definition) is 5. The van der Waals surface area contributed by atoms with Crippen molar-refractivity contribution in [3.05, 3.63) is 40.9 Å². The second kappa shape index (κ2) is 6.94. The molecule has 4 rings (SSSR count). The molecule has 3 aromatic heterocycles. The van der Waals surface area contributed by atoms with Crippen LogP contribution in [-0.2, 0) is 13.6 Å². The lowest BCUT2D eigenvalue weighted by molar-refractivity contribution is 0.0868. The summed E-state index contributed by atoms with van der Waals surface area (Å²) in [5.74, 6) is -0.0704. The summed E-state index contributed by atoms with van der Waals surface area (Å²) >= 11 is 5.89. The minimum absolute atomic E-state index is 0.219. The van der Waals surface area contributed by atoms with Crippen LogP contribution in [0.4, 0.5) is 0 Å². The molecule has 0 aliphatic heterocycles. The number of pyridine rings is 1. The number of halogens is 1. The normalized spacial score (nSPS) is 22.4. The van der Waals surface area contributed by atoms with E-state index in [4.69, 9.17) is 11.6 Å². The number of nitrogens with zero attached hydrogens (tertiary/aromatic N) is 5. The van der Waals surface area contributed by atoms with E-state index in [1.54, 1.807) is 34.9 Å². The zero-order valence-corrected chi connectivity index (χ0v) is 15.9. The molecule has 0 saturated heterocycles. The maximum Gasteiger partial charge on any atom is 0.270 e. The van der Waals surface area contributed by atoms with E-state index in [2.05, 4.69) is 20.5 Å². The van der Waals surface area contributed by atoms with Gasteiger partial charge in [0.15, 0.2) is 5.65 Å². The predicted octanol–water partition coefficient (Wildman–Crippen LogP) is 1.70. The molecule has 1 unspecified atom stereocenters. The summed E-state index contributed by atoms with van der Waals surface area (Å²) in [5, 5.41) is 23.3. The highest BCUT2D eigenvalue weighted by Crippen LogP contribution is 2.28. The van der Waals surface area contributed by atoms with Crippen molar-refractivity contribution in [1.82, 2.24) is 29.9 Å². The highest BCUT2D eigenvalue weighted by molar-refractivity contribution is 6.30. The number of aliphatic hydroxyl groups is 1. The van der Waals surface area contributed by atoms with Crippen molar-refractivity contribution in [2.24, 2.45) is 13.0 Å². The highest BCUT2D eigenvalue weighted by atomic mass is 35.5. The van der Waals surface area contributed by atoms with Gasteiger partial charge in [0, 0.05) is 25.2 Å². The topological polar surface area (TPSA) is 97.9 Å². The van der Waals surface area contributed by atoms with E-state index in [-0.39, 0.29) is 17.9 Å². The Balaban J connectivity index is 1.44. The van der Waals surface area contributed by atoms with E-state index in [0.717, 1.165) is 11.1 Å². The van der Waals surface area contributed by atoms with Gasteiger partial charge in [0.1, 0.15) is 5.69 Å². The van der Waals surface area contributed by atoms with Crippen molar-refractivity contribution in [1.29, 1.82) is 0 Å². The van der Waals surface area contributed by atoms with Crippen LogP contribution in [0.25, 0.3) is 11.0 Å². The van der Waals surface area contributed by atoms with Gasteiger partial charge in [-0.1, -0.05) is 11.6 Å². The monoisotopic (exact) mass is 388 g/mol. The number of hydrogen-bond donors (Lipinski definition) is 2. The fourth-order valence-electron chi connectivity index (χ4n) is 3.80. The molecule has 1 aliphatic rings. The Morgan fingerprint density at radius 3 is 2.96 bits per heavy atom. The molecule has 27 heavy (non-hydrogen) atoms. The average molecular weight is 389 g/mol. The number of aryl methyl sites for hydroxylation is 2. The lowest BCUT2D eigenvalue weighted by Gasteiger charge is -2.16. The van der Waals surface area contributed by atoms with Gasteiger partial charge in [-0.05, 0) is 37.8 Å². The summed E-state index contributed by atoms with van der Waals surface area (Å²) in [6.07, 6.45) is 4.05. The molecule has 1 fully saturated rings. The van der Waals surface area contributed by atoms with Crippen LogP contribution < -0.4 is 5.32 Å². The zero-order valence-electron chi connectivity index (χ0n) is 15.1. The van der Waals surface area contributed by atoms with Gasteiger partial charge in [0.05, 0.1) is 29.1 Å². The lowest BCUT2D eigenvalue weighted by atomic mass is 10.1. The van der Waals surface area contributed by atoms with Gasteiger partial charge < -0.3 is 10.4 Å². The third-order valence-electron chi connectivity index (χ3n) is 5.09. The van der Waals surface area contributed by atoms with Crippen LogP contribution in [0.1, 0.15) is 29.0 Å². The van der Waals surface area contributed by atoms with Gasteiger partial charge in [-0.2, -0.15) is 10.2 Å². The van der Waals surface area contributed by atoms with Gasteiger partial charge >= 0.3 is 0 Å². The zero-order chi connectivity index (χ0) is 19.1. The van der Waals surface area contributed by atoms with Crippen molar-refractivity contribution < 1.29 is 9.90 Å². The van der Waals surface area contributed by atoms with Crippen molar-refractivity contribution in [2.45, 2.75) is 38.5 Å². The van der Waals surface area contributed by atoms with E-state index in [0.29, 0.717) is 35.8 Å². The van der Waals surface area contributed by atoms with Crippen LogP contribution in [0.2, 0.25) is 5.02 Å². The Labute approximate surface area is 161 Å². The Kier molecular flexibility index (Phi) is 4.61. The molecule has 2 N–H and O–H groups in total. The molecular weight excluding hydrogens is 368 g/mol. The van der Waals surface area contributed by atoms with E-state index >= 15 is 0 Å². The van der Waals surface area contributed by atoms with Crippen molar-refractivity contribution in [3.63, 3.8) is 0 Å². The number of fused-ring (bicyclic) bond motifs is 1. The molecule has 8 nitrogen and oxygen atoms in total. The second-order valence-corrected chi connectivity index (χ2v) is 7.58. The Morgan fingerprint density at radius 2 is 2.22 bits per heavy atom. The first-order chi connectivity index (χ1) is 12.9. The Bertz CT molecular complexity index is 997. The number of carbonyl (C=O) groups excluding carboxylic acids is 1. The van der Waals surface area contributed by atoms with Crippen molar-refractivity contribution in [3.8, 4) is 0 Å². The van der Waals surface area contributed by atoms with Crippen molar-refractivity contribution in [2.75, 3.05) is 0 Å². The summed E-state index contributed by atoms with van der Waals surface area (Å²) in [7, 11) is 1.80. The van der Waals surface area contributed by atoms with E-state index in [1.165, 1.54) is 0 Å². The number of rotatable bonds is 4. The quantitative estimate of drug-likeness (QED) is 0.708. The summed E-state index contributed by atoms with van der Waals surface area (Å²) in [6.45, 7) is 2.57. The molecule has 3 atom stereocenters. The second-order valence-electron chi connectivity index (χ2n) is 7.14.